The number of carboxylic acids is 1. The number of nitrogens with one attached hydrogen (secondary N) is 1. The molecule has 5 rings (SSSR count). The van der Waals surface area contributed by atoms with E-state index in [0.29, 0.717) is 20.5 Å². The maximum atomic E-state index is 13.1. The van der Waals surface area contributed by atoms with Crippen LogP contribution in [-0.4, -0.2) is 83.3 Å². The topological polar surface area (TPSA) is 216 Å². The Morgan fingerprint density at radius 1 is 1.33 bits per heavy atom. The molecular weight excluding hydrogens is 650 g/mol. The first-order valence-corrected chi connectivity index (χ1v) is 15.6. The molecule has 2 aromatic heterocycles. The molecule has 43 heavy (non-hydrogen) atoms. The summed E-state index contributed by atoms with van der Waals surface area (Å²) >= 11 is 4.85. The molecule has 2 aliphatic rings. The number of hydrogen-bond acceptors (Lipinski definition) is 16. The van der Waals surface area contributed by atoms with Crippen LogP contribution in [0.1, 0.15) is 5.69 Å². The van der Waals surface area contributed by atoms with E-state index in [4.69, 9.17) is 10.6 Å². The van der Waals surface area contributed by atoms with Crippen LogP contribution in [-0.2, 0) is 19.2 Å². The largest absolute Gasteiger partial charge is 1.00 e. The Bertz CT molecular complexity index is 1640. The number of amides is 2. The zero-order chi connectivity index (χ0) is 30.0. The number of aliphatic carboxylic acids is 1. The number of nitrogens with zero attached hydrogens (tertiary/aromatic N) is 5. The number of fused-ring (bicyclic) bond motifs is 1. The summed E-state index contributed by atoms with van der Waals surface area (Å²) in [5.41, 5.74) is 6.42. The summed E-state index contributed by atoms with van der Waals surface area (Å²) in [5, 5.41) is 47.6. The Morgan fingerprint density at radius 2 is 2.12 bits per heavy atom. The number of benzene rings is 1. The zero-order valence-corrected chi connectivity index (χ0v) is 27.5. The average molecular weight is 670 g/mol. The van der Waals surface area contributed by atoms with Crippen molar-refractivity contribution >= 4 is 74.8 Å². The van der Waals surface area contributed by atoms with E-state index in [1.54, 1.807) is 6.07 Å². The van der Waals surface area contributed by atoms with Crippen LogP contribution in [0.4, 0.5) is 5.13 Å². The molecule has 19 heteroatoms. The van der Waals surface area contributed by atoms with Gasteiger partial charge in [0.15, 0.2) is 26.7 Å². The van der Waals surface area contributed by atoms with Crippen LogP contribution in [0.5, 0.6) is 11.5 Å². The van der Waals surface area contributed by atoms with Crippen LogP contribution in [0.15, 0.2) is 57.0 Å². The molecule has 3 aromatic rings. The van der Waals surface area contributed by atoms with E-state index in [0.717, 1.165) is 16.2 Å². The van der Waals surface area contributed by atoms with E-state index < -0.39 is 29.2 Å². The molecular formula is C24H20N7NaO7S4. The Balaban J connectivity index is 0.00000423. The Labute approximate surface area is 282 Å². The van der Waals surface area contributed by atoms with Gasteiger partial charge in [-0.05, 0) is 23.8 Å². The smallest absolute Gasteiger partial charge is 0.543 e. The van der Waals surface area contributed by atoms with Crippen molar-refractivity contribution in [2.45, 2.75) is 15.8 Å². The van der Waals surface area contributed by atoms with Crippen molar-refractivity contribution in [3.8, 4) is 22.1 Å². The van der Waals surface area contributed by atoms with Crippen LogP contribution in [0.3, 0.4) is 0 Å². The maximum Gasteiger partial charge on any atom is 1.00 e. The number of carbonyl (C=O) groups excluding carboxylic acids is 3. The predicted octanol–water partition coefficient (Wildman–Crippen LogP) is -2.24. The number of β-lactam (4-membered cyclic amide) rings is 1. The van der Waals surface area contributed by atoms with Gasteiger partial charge in [0, 0.05) is 22.4 Å². The first-order chi connectivity index (χ1) is 20.2. The number of rotatable bonds is 11. The first kappa shape index (κ1) is 32.8. The van der Waals surface area contributed by atoms with Crippen molar-refractivity contribution in [2.24, 2.45) is 5.16 Å². The van der Waals surface area contributed by atoms with E-state index in [2.05, 4.69) is 32.2 Å². The van der Waals surface area contributed by atoms with E-state index in [-0.39, 0.29) is 81.4 Å². The number of anilines is 1. The molecule has 1 aromatic carbocycles. The van der Waals surface area contributed by atoms with E-state index in [1.165, 1.54) is 58.4 Å². The Hall–Kier alpha value is -3.13. The van der Waals surface area contributed by atoms with Crippen LogP contribution in [0.2, 0.25) is 0 Å². The zero-order valence-electron chi connectivity index (χ0n) is 22.3. The number of aromatic hydroxyl groups is 2. The first-order valence-electron chi connectivity index (χ1n) is 11.9. The third-order valence-corrected chi connectivity index (χ3v) is 10.1. The molecule has 14 nitrogen and oxygen atoms in total. The minimum absolute atomic E-state index is 0. The van der Waals surface area contributed by atoms with Crippen molar-refractivity contribution in [3.63, 3.8) is 0 Å². The molecule has 2 amide bonds. The second-order valence-corrected chi connectivity index (χ2v) is 12.8. The summed E-state index contributed by atoms with van der Waals surface area (Å²) in [6.45, 7) is 3.55. The second kappa shape index (κ2) is 14.1. The SMILES string of the molecule is C=CCON=C(C(=O)N[C@@H]1C(=O)N2C(C(=O)[O-])=C(CSc3nnc(-c4ccc(O)c(O)c4)s3)CS[C@@H]12)c1csc(N)n1.[Na+]. The maximum absolute atomic E-state index is 13.1. The number of aromatic nitrogens is 3. The van der Waals surface area contributed by atoms with Gasteiger partial charge in [0.2, 0.25) is 0 Å². The standard InChI is InChI=1S/C24H21N7O7S4.Na/c1-2-5-38-30-15(12-9-40-23(25)26-12)18(34)27-16-20(35)31-17(22(36)37)11(7-39-21(16)31)8-41-24-29-28-19(42-24)10-3-4-13(32)14(33)6-10;/h2-4,6,9,16,21,32-33H,1,5,7-8H2,(H2,25,26)(H,27,34)(H,36,37);/q;+1/p-1/t16-,21+;/m1./s1. The van der Waals surface area contributed by atoms with Gasteiger partial charge in [-0.3, -0.25) is 14.5 Å². The van der Waals surface area contributed by atoms with Gasteiger partial charge < -0.3 is 36.0 Å². The van der Waals surface area contributed by atoms with Gasteiger partial charge in [0.1, 0.15) is 28.7 Å². The van der Waals surface area contributed by atoms with E-state index >= 15 is 0 Å². The predicted molar refractivity (Wildman–Crippen MR) is 156 cm³/mol. The Kier molecular flexibility index (Phi) is 10.8. The quantitative estimate of drug-likeness (QED) is 0.0249. The normalized spacial score (nSPS) is 17.9. The molecule has 2 atom stereocenters. The minimum atomic E-state index is -1.51. The number of carbonyl (C=O) groups is 3. The third kappa shape index (κ3) is 7.00. The fourth-order valence-electron chi connectivity index (χ4n) is 3.94. The number of thiazole rings is 1. The molecule has 5 N–H and O–H groups in total. The number of thioether (sulfide) groups is 2. The monoisotopic (exact) mass is 669 g/mol. The van der Waals surface area contributed by atoms with E-state index in [9.17, 15) is 29.7 Å². The van der Waals surface area contributed by atoms with Gasteiger partial charge in [-0.25, -0.2) is 4.98 Å². The third-order valence-electron chi connectivity index (χ3n) is 5.85. The molecule has 1 saturated heterocycles. The number of oxime groups is 1. The molecule has 4 heterocycles. The summed E-state index contributed by atoms with van der Waals surface area (Å²) in [6, 6.07) is 3.27. The van der Waals surface area contributed by atoms with Crippen LogP contribution < -0.4 is 45.7 Å². The van der Waals surface area contributed by atoms with Crippen LogP contribution in [0, 0.1) is 0 Å². The molecule has 0 unspecified atom stereocenters. The summed E-state index contributed by atoms with van der Waals surface area (Å²) in [7, 11) is 0. The number of phenolic OH excluding ortho intramolecular Hbond substituents is 2. The fourth-order valence-corrected chi connectivity index (χ4v) is 7.82. The summed E-state index contributed by atoms with van der Waals surface area (Å²) in [4.78, 5) is 48.5. The Morgan fingerprint density at radius 3 is 2.79 bits per heavy atom. The van der Waals surface area contributed by atoms with Crippen molar-refractivity contribution in [1.29, 1.82) is 0 Å². The van der Waals surface area contributed by atoms with Gasteiger partial charge in [0.05, 0.1) is 11.7 Å². The number of hydrogen-bond donors (Lipinski definition) is 4. The van der Waals surface area contributed by atoms with Crippen molar-refractivity contribution in [1.82, 2.24) is 25.4 Å². The number of phenols is 2. The number of carboxylic acid groups (broad SMARTS) is 1. The van der Waals surface area contributed by atoms with Crippen molar-refractivity contribution in [2.75, 3.05) is 23.8 Å². The van der Waals surface area contributed by atoms with Crippen LogP contribution in [0.25, 0.3) is 10.6 Å². The van der Waals surface area contributed by atoms with Gasteiger partial charge in [-0.1, -0.05) is 40.9 Å². The van der Waals surface area contributed by atoms with Gasteiger partial charge >= 0.3 is 29.6 Å². The molecule has 0 aliphatic carbocycles. The van der Waals surface area contributed by atoms with Gasteiger partial charge in [-0.2, -0.15) is 0 Å². The van der Waals surface area contributed by atoms with Crippen LogP contribution >= 0.6 is 46.2 Å². The molecule has 0 spiro atoms. The summed E-state index contributed by atoms with van der Waals surface area (Å²) < 4.78 is 0.531. The summed E-state index contributed by atoms with van der Waals surface area (Å²) in [6.07, 6.45) is 1.44. The average Bonchev–Trinajstić information content (AvgIpc) is 3.62. The second-order valence-electron chi connectivity index (χ2n) is 8.56. The fraction of sp³-hybridized carbons (Fsp3) is 0.208. The molecule has 0 saturated carbocycles. The molecule has 0 bridgehead atoms. The van der Waals surface area contributed by atoms with Gasteiger partial charge in [-0.15, -0.1) is 33.3 Å². The van der Waals surface area contributed by atoms with E-state index in [1.807, 2.05) is 0 Å². The molecule has 2 aliphatic heterocycles. The summed E-state index contributed by atoms with van der Waals surface area (Å²) in [5.74, 6) is -2.95. The van der Waals surface area contributed by atoms with Gasteiger partial charge in [0.25, 0.3) is 11.8 Å². The molecule has 0 radical (unpaired) electrons. The molecule has 1 fully saturated rings. The molecule has 218 valence electrons. The number of nitrogens with two attached hydrogens (primary N) is 1. The minimum Gasteiger partial charge on any atom is -0.543 e. The number of nitrogen functional groups attached to an aromatic ring is 1. The van der Waals surface area contributed by atoms with Crippen molar-refractivity contribution in [3.05, 3.63) is 53.2 Å². The van der Waals surface area contributed by atoms with Crippen molar-refractivity contribution < 1.29 is 64.1 Å².